The first-order chi connectivity index (χ1) is 12.6. The van der Waals surface area contributed by atoms with Crippen molar-refractivity contribution in [1.82, 2.24) is 0 Å². The maximum atomic E-state index is 13.1. The number of carbonyl (C=O) groups is 2. The van der Waals surface area contributed by atoms with E-state index in [1.807, 2.05) is 13.8 Å². The van der Waals surface area contributed by atoms with Crippen LogP contribution >= 0.6 is 0 Å². The highest BCUT2D eigenvalue weighted by molar-refractivity contribution is 5.85. The summed E-state index contributed by atoms with van der Waals surface area (Å²) in [7, 11) is 0. The molecule has 2 N–H and O–H groups in total. The van der Waals surface area contributed by atoms with E-state index in [2.05, 4.69) is 20.4 Å². The van der Waals surface area contributed by atoms with Gasteiger partial charge in [-0.3, -0.25) is 4.79 Å². The van der Waals surface area contributed by atoms with E-state index in [1.165, 1.54) is 0 Å². The van der Waals surface area contributed by atoms with Crippen molar-refractivity contribution >= 4 is 11.8 Å². The van der Waals surface area contributed by atoms with E-state index in [1.54, 1.807) is 6.08 Å². The van der Waals surface area contributed by atoms with Crippen LogP contribution in [0.1, 0.15) is 59.8 Å². The molecule has 0 aromatic heterocycles. The molecule has 0 radical (unpaired) electrons. The van der Waals surface area contributed by atoms with Crippen LogP contribution in [0, 0.1) is 34.0 Å². The zero-order chi connectivity index (χ0) is 20.2. The minimum Gasteiger partial charge on any atom is -0.460 e. The molecule has 3 aliphatic rings. The van der Waals surface area contributed by atoms with E-state index in [0.29, 0.717) is 18.8 Å². The molecule has 8 atom stereocenters. The molecule has 152 valence electrons. The molecule has 0 aliphatic heterocycles. The summed E-state index contributed by atoms with van der Waals surface area (Å²) in [4.78, 5) is 25.0. The molecule has 5 nitrogen and oxygen atoms in total. The fourth-order valence-electron chi connectivity index (χ4n) is 6.68. The van der Waals surface area contributed by atoms with Crippen molar-refractivity contribution < 1.29 is 24.5 Å². The van der Waals surface area contributed by atoms with Gasteiger partial charge >= 0.3 is 5.97 Å². The van der Waals surface area contributed by atoms with Crippen LogP contribution < -0.4 is 0 Å². The van der Waals surface area contributed by atoms with Crippen LogP contribution in [0.5, 0.6) is 0 Å². The molecule has 0 aromatic rings. The molecule has 3 saturated carbocycles. The predicted molar refractivity (Wildman–Crippen MR) is 102 cm³/mol. The number of aliphatic hydroxyl groups excluding tert-OH is 2. The molecule has 5 heteroatoms. The molecule has 0 amide bonds. The molecule has 27 heavy (non-hydrogen) atoms. The van der Waals surface area contributed by atoms with Crippen LogP contribution in [0.4, 0.5) is 0 Å². The van der Waals surface area contributed by atoms with Crippen LogP contribution in [0.25, 0.3) is 0 Å². The van der Waals surface area contributed by atoms with Crippen molar-refractivity contribution in [3.8, 4) is 0 Å². The predicted octanol–water partition coefficient (Wildman–Crippen LogP) is 2.89. The normalized spacial score (nSPS) is 49.7. The topological polar surface area (TPSA) is 83.8 Å². The van der Waals surface area contributed by atoms with E-state index >= 15 is 0 Å². The summed E-state index contributed by atoms with van der Waals surface area (Å²) in [6.45, 7) is 11.5. The Labute approximate surface area is 162 Å². The van der Waals surface area contributed by atoms with Gasteiger partial charge < -0.3 is 14.9 Å². The van der Waals surface area contributed by atoms with Gasteiger partial charge in [0.15, 0.2) is 0 Å². The van der Waals surface area contributed by atoms with Gasteiger partial charge in [0.05, 0.1) is 6.10 Å². The smallest absolute Gasteiger partial charge is 0.332 e. The van der Waals surface area contributed by atoms with Crippen molar-refractivity contribution in [3.63, 3.8) is 0 Å². The maximum absolute atomic E-state index is 13.1. The SMILES string of the molecule is C=C[C@]1(C)[C@@H](OC(=O)CO)C[C@]2(C)[C@H](C)CC[C@]3(CCC(=O)[C@@H]23)[C@@H](C)[C@@H]1O. The molecule has 3 fully saturated rings. The highest BCUT2D eigenvalue weighted by Gasteiger charge is 2.66. The first-order valence-electron chi connectivity index (χ1n) is 10.2. The van der Waals surface area contributed by atoms with Gasteiger partial charge in [0.2, 0.25) is 0 Å². The highest BCUT2D eigenvalue weighted by atomic mass is 16.6. The van der Waals surface area contributed by atoms with Gasteiger partial charge in [-0.15, -0.1) is 6.58 Å². The van der Waals surface area contributed by atoms with Crippen LogP contribution in [-0.4, -0.2) is 40.8 Å². The van der Waals surface area contributed by atoms with Gasteiger partial charge in [0.25, 0.3) is 0 Å². The first kappa shape index (κ1) is 20.5. The van der Waals surface area contributed by atoms with Gasteiger partial charge in [-0.2, -0.15) is 0 Å². The number of ether oxygens (including phenoxy) is 1. The lowest BCUT2D eigenvalue weighted by Gasteiger charge is -2.61. The van der Waals surface area contributed by atoms with Gasteiger partial charge in [-0.1, -0.05) is 33.8 Å². The summed E-state index contributed by atoms with van der Waals surface area (Å²) >= 11 is 0. The summed E-state index contributed by atoms with van der Waals surface area (Å²) in [6.07, 6.45) is 4.12. The van der Waals surface area contributed by atoms with E-state index in [0.717, 1.165) is 19.3 Å². The Morgan fingerprint density at radius 3 is 2.59 bits per heavy atom. The molecule has 3 aliphatic carbocycles. The largest absolute Gasteiger partial charge is 0.460 e. The van der Waals surface area contributed by atoms with Crippen LogP contribution in [0.2, 0.25) is 0 Å². The zero-order valence-electron chi connectivity index (χ0n) is 17.0. The number of ketones is 1. The second kappa shape index (κ2) is 6.70. The number of aliphatic hydroxyl groups is 2. The molecule has 0 saturated heterocycles. The molecule has 3 rings (SSSR count). The Kier molecular flexibility index (Phi) is 5.09. The number of esters is 1. The summed E-state index contributed by atoms with van der Waals surface area (Å²) in [6, 6.07) is 0. The van der Waals surface area contributed by atoms with Crippen molar-refractivity contribution in [2.75, 3.05) is 6.61 Å². The lowest BCUT2D eigenvalue weighted by molar-refractivity contribution is -0.197. The quantitative estimate of drug-likeness (QED) is 0.583. The number of hydrogen-bond acceptors (Lipinski definition) is 5. The van der Waals surface area contributed by atoms with E-state index in [-0.39, 0.29) is 28.4 Å². The Morgan fingerprint density at radius 1 is 1.33 bits per heavy atom. The van der Waals surface area contributed by atoms with Crippen molar-refractivity contribution in [2.45, 2.75) is 72.0 Å². The third kappa shape index (κ3) is 2.72. The molecule has 0 heterocycles. The molecule has 0 spiro atoms. The van der Waals surface area contributed by atoms with E-state index in [9.17, 15) is 19.8 Å². The first-order valence-corrected chi connectivity index (χ1v) is 10.2. The Bertz CT molecular complexity index is 645. The van der Waals surface area contributed by atoms with Crippen molar-refractivity contribution in [3.05, 3.63) is 12.7 Å². The van der Waals surface area contributed by atoms with Crippen LogP contribution in [0.15, 0.2) is 12.7 Å². The summed E-state index contributed by atoms with van der Waals surface area (Å²) < 4.78 is 5.66. The Hall–Kier alpha value is -1.20. The molecular weight excluding hydrogens is 344 g/mol. The second-order valence-corrected chi connectivity index (χ2v) is 9.72. The average molecular weight is 379 g/mol. The van der Waals surface area contributed by atoms with E-state index in [4.69, 9.17) is 4.74 Å². The van der Waals surface area contributed by atoms with Gasteiger partial charge in [-0.25, -0.2) is 4.79 Å². The number of Topliss-reactive ketones (excluding diaryl/α,β-unsaturated/α-hetero) is 1. The lowest BCUT2D eigenvalue weighted by atomic mass is 9.44. The monoisotopic (exact) mass is 378 g/mol. The number of hydrogen-bond donors (Lipinski definition) is 2. The second-order valence-electron chi connectivity index (χ2n) is 9.72. The average Bonchev–Trinajstić information content (AvgIpc) is 3.00. The fourth-order valence-corrected chi connectivity index (χ4v) is 6.68. The standard InChI is InChI=1S/C22H34O5/c1-6-20(4)16(27-17(25)12-23)11-21(5)13(2)7-9-22(14(3)19(20)26)10-8-15(24)18(21)22/h6,13-14,16,18-19,23,26H,1,7-12H2,2-5H3/t13-,14+,16+,18+,19+,20-,21-,22+/m1/s1. The number of rotatable bonds is 3. The fraction of sp³-hybridized carbons (Fsp3) is 0.818. The van der Waals surface area contributed by atoms with Gasteiger partial charge in [0, 0.05) is 17.8 Å². The molecule has 0 aromatic carbocycles. The maximum Gasteiger partial charge on any atom is 0.332 e. The van der Waals surface area contributed by atoms with Crippen molar-refractivity contribution in [1.29, 1.82) is 0 Å². The van der Waals surface area contributed by atoms with E-state index < -0.39 is 30.2 Å². The van der Waals surface area contributed by atoms with Gasteiger partial charge in [-0.05, 0) is 48.3 Å². The third-order valence-corrected chi connectivity index (χ3v) is 8.74. The van der Waals surface area contributed by atoms with Crippen LogP contribution in [-0.2, 0) is 14.3 Å². The van der Waals surface area contributed by atoms with Crippen LogP contribution in [0.3, 0.4) is 0 Å². The minimum atomic E-state index is -0.841. The summed E-state index contributed by atoms with van der Waals surface area (Å²) in [5.41, 5.74) is -1.36. The minimum absolute atomic E-state index is 0.112. The Balaban J connectivity index is 2.17. The van der Waals surface area contributed by atoms with Gasteiger partial charge in [0.1, 0.15) is 18.5 Å². The lowest BCUT2D eigenvalue weighted by Crippen LogP contribution is -2.62. The molecule has 0 unspecified atom stereocenters. The zero-order valence-corrected chi connectivity index (χ0v) is 17.0. The Morgan fingerprint density at radius 2 is 2.00 bits per heavy atom. The summed E-state index contributed by atoms with van der Waals surface area (Å²) in [5.74, 6) is -0.339. The highest BCUT2D eigenvalue weighted by Crippen LogP contribution is 2.67. The molecular formula is C22H34O5. The number of carbonyl (C=O) groups excluding carboxylic acids is 2. The summed E-state index contributed by atoms with van der Waals surface area (Å²) in [5, 5.41) is 20.6. The van der Waals surface area contributed by atoms with Crippen molar-refractivity contribution in [2.24, 2.45) is 34.0 Å². The third-order valence-electron chi connectivity index (χ3n) is 8.74. The molecule has 2 bridgehead atoms.